The smallest absolute Gasteiger partial charge is 0.000728 e. The van der Waals surface area contributed by atoms with Gasteiger partial charge < -0.3 is 0 Å². The van der Waals surface area contributed by atoms with E-state index >= 15 is 0 Å². The van der Waals surface area contributed by atoms with Gasteiger partial charge in [-0.15, -0.1) is 0 Å². The van der Waals surface area contributed by atoms with E-state index in [1.165, 1.54) is 44.2 Å². The molecular weight excluding hydrogens is 276 g/mol. The Bertz CT molecular complexity index is 1030. The molecule has 0 heteroatoms. The van der Waals surface area contributed by atoms with Crippen molar-refractivity contribution in [3.63, 3.8) is 0 Å². The third kappa shape index (κ3) is 1.85. The molecule has 0 radical (unpaired) electrons. The Hall–Kier alpha value is -2.86. The van der Waals surface area contributed by atoms with Crippen LogP contribution in [0.5, 0.6) is 0 Å². The van der Waals surface area contributed by atoms with Crippen LogP contribution in [0.2, 0.25) is 0 Å². The van der Waals surface area contributed by atoms with Crippen molar-refractivity contribution >= 4 is 10.8 Å². The van der Waals surface area contributed by atoms with E-state index in [1.807, 2.05) is 0 Å². The van der Waals surface area contributed by atoms with E-state index in [0.29, 0.717) is 0 Å². The minimum Gasteiger partial charge on any atom is -0.0622 e. The SMILES string of the molecule is c1ccc(-c2cccc3c4c(ccc23)-c2ccccc2C4)cc1. The normalized spacial score (nSPS) is 12.2. The molecule has 0 saturated heterocycles. The first-order valence-electron chi connectivity index (χ1n) is 8.10. The van der Waals surface area contributed by atoms with Crippen LogP contribution in [0.1, 0.15) is 11.1 Å². The summed E-state index contributed by atoms with van der Waals surface area (Å²) in [5.74, 6) is 0. The summed E-state index contributed by atoms with van der Waals surface area (Å²) in [4.78, 5) is 0. The average molecular weight is 292 g/mol. The highest BCUT2D eigenvalue weighted by molar-refractivity contribution is 6.02. The second-order valence-corrected chi connectivity index (χ2v) is 6.19. The number of hydrogen-bond acceptors (Lipinski definition) is 0. The third-order valence-electron chi connectivity index (χ3n) is 4.93. The van der Waals surface area contributed by atoms with E-state index in [-0.39, 0.29) is 0 Å². The predicted octanol–water partition coefficient (Wildman–Crippen LogP) is 6.08. The molecule has 0 fully saturated rings. The van der Waals surface area contributed by atoms with Crippen LogP contribution in [0.3, 0.4) is 0 Å². The van der Waals surface area contributed by atoms with Crippen LogP contribution < -0.4 is 0 Å². The number of hydrogen-bond donors (Lipinski definition) is 0. The Morgan fingerprint density at radius 3 is 2.17 bits per heavy atom. The zero-order valence-corrected chi connectivity index (χ0v) is 12.8. The third-order valence-corrected chi connectivity index (χ3v) is 4.93. The largest absolute Gasteiger partial charge is 0.0622 e. The van der Waals surface area contributed by atoms with Gasteiger partial charge in [-0.25, -0.2) is 0 Å². The fraction of sp³-hybridized carbons (Fsp3) is 0.0435. The highest BCUT2D eigenvalue weighted by atomic mass is 14.2. The molecule has 0 aromatic heterocycles. The van der Waals surface area contributed by atoms with Crippen LogP contribution in [0, 0.1) is 0 Å². The molecule has 1 aliphatic rings. The van der Waals surface area contributed by atoms with Crippen LogP contribution in [-0.4, -0.2) is 0 Å². The molecule has 23 heavy (non-hydrogen) atoms. The molecule has 1 aliphatic carbocycles. The second-order valence-electron chi connectivity index (χ2n) is 6.19. The lowest BCUT2D eigenvalue weighted by Crippen LogP contribution is -1.87. The number of rotatable bonds is 1. The molecule has 0 unspecified atom stereocenters. The molecule has 0 atom stereocenters. The van der Waals surface area contributed by atoms with Gasteiger partial charge in [-0.1, -0.05) is 84.9 Å². The summed E-state index contributed by atoms with van der Waals surface area (Å²) < 4.78 is 0. The summed E-state index contributed by atoms with van der Waals surface area (Å²) >= 11 is 0. The minimum atomic E-state index is 1.04. The fourth-order valence-corrected chi connectivity index (χ4v) is 3.86. The molecular formula is C23H16. The Labute approximate surface area is 136 Å². The molecule has 4 aromatic rings. The topological polar surface area (TPSA) is 0 Å². The van der Waals surface area contributed by atoms with Gasteiger partial charge in [0, 0.05) is 0 Å². The van der Waals surface area contributed by atoms with Gasteiger partial charge in [0.2, 0.25) is 0 Å². The van der Waals surface area contributed by atoms with Gasteiger partial charge in [-0.2, -0.15) is 0 Å². The Morgan fingerprint density at radius 2 is 1.26 bits per heavy atom. The molecule has 0 saturated carbocycles. The maximum absolute atomic E-state index is 2.30. The van der Waals surface area contributed by atoms with Crippen molar-refractivity contribution in [1.29, 1.82) is 0 Å². The predicted molar refractivity (Wildman–Crippen MR) is 97.6 cm³/mol. The molecule has 4 aromatic carbocycles. The average Bonchev–Trinajstić information content (AvgIpc) is 3.01. The van der Waals surface area contributed by atoms with Crippen LogP contribution in [-0.2, 0) is 6.42 Å². The van der Waals surface area contributed by atoms with E-state index < -0.39 is 0 Å². The van der Waals surface area contributed by atoms with Gasteiger partial charge in [-0.3, -0.25) is 0 Å². The summed E-state index contributed by atoms with van der Waals surface area (Å²) in [6, 6.07) is 30.7. The summed E-state index contributed by atoms with van der Waals surface area (Å²) in [7, 11) is 0. The van der Waals surface area contributed by atoms with Crippen LogP contribution in [0.4, 0.5) is 0 Å². The van der Waals surface area contributed by atoms with Crippen LogP contribution in [0.15, 0.2) is 84.9 Å². The first-order valence-corrected chi connectivity index (χ1v) is 8.10. The maximum atomic E-state index is 2.30. The number of fused-ring (bicyclic) bond motifs is 5. The van der Waals surface area contributed by atoms with Gasteiger partial charge in [0.15, 0.2) is 0 Å². The monoisotopic (exact) mass is 292 g/mol. The summed E-state index contributed by atoms with van der Waals surface area (Å²) in [5.41, 5.74) is 8.32. The Balaban J connectivity index is 1.80. The molecule has 5 rings (SSSR count). The van der Waals surface area contributed by atoms with Crippen molar-refractivity contribution < 1.29 is 0 Å². The van der Waals surface area contributed by atoms with Gasteiger partial charge in [-0.05, 0) is 50.6 Å². The maximum Gasteiger partial charge on any atom is -0.000728 e. The molecule has 0 aliphatic heterocycles. The van der Waals surface area contributed by atoms with E-state index in [9.17, 15) is 0 Å². The molecule has 108 valence electrons. The van der Waals surface area contributed by atoms with Crippen molar-refractivity contribution in [3.8, 4) is 22.3 Å². The quantitative estimate of drug-likeness (QED) is 0.351. The van der Waals surface area contributed by atoms with Gasteiger partial charge in [0.05, 0.1) is 0 Å². The Kier molecular flexibility index (Phi) is 2.65. The highest BCUT2D eigenvalue weighted by Crippen LogP contribution is 2.42. The van der Waals surface area contributed by atoms with Gasteiger partial charge >= 0.3 is 0 Å². The van der Waals surface area contributed by atoms with E-state index in [2.05, 4.69) is 84.9 Å². The number of benzene rings is 4. The van der Waals surface area contributed by atoms with Crippen molar-refractivity contribution in [2.75, 3.05) is 0 Å². The lowest BCUT2D eigenvalue weighted by molar-refractivity contribution is 1.28. The zero-order valence-electron chi connectivity index (χ0n) is 12.8. The standard InChI is InChI=1S/C23H16/c1-2-7-16(8-3-1)18-11-6-12-20-21(18)13-14-22-19-10-5-4-9-17(19)15-23(20)22/h1-14H,15H2. The van der Waals surface area contributed by atoms with Crippen LogP contribution in [0.25, 0.3) is 33.0 Å². The summed E-state index contributed by atoms with van der Waals surface area (Å²) in [5, 5.41) is 2.74. The summed E-state index contributed by atoms with van der Waals surface area (Å²) in [6.07, 6.45) is 1.04. The van der Waals surface area contributed by atoms with E-state index in [4.69, 9.17) is 0 Å². The van der Waals surface area contributed by atoms with Crippen molar-refractivity contribution in [3.05, 3.63) is 96.1 Å². The zero-order chi connectivity index (χ0) is 15.2. The molecule has 0 bridgehead atoms. The van der Waals surface area contributed by atoms with Gasteiger partial charge in [0.25, 0.3) is 0 Å². The molecule has 0 nitrogen and oxygen atoms in total. The summed E-state index contributed by atoms with van der Waals surface area (Å²) in [6.45, 7) is 0. The molecule has 0 heterocycles. The molecule has 0 N–H and O–H groups in total. The van der Waals surface area contributed by atoms with Crippen molar-refractivity contribution in [2.24, 2.45) is 0 Å². The van der Waals surface area contributed by atoms with Crippen LogP contribution >= 0.6 is 0 Å². The first-order chi connectivity index (χ1) is 11.4. The lowest BCUT2D eigenvalue weighted by atomic mass is 9.93. The Morgan fingerprint density at radius 1 is 0.478 bits per heavy atom. The molecule has 0 amide bonds. The van der Waals surface area contributed by atoms with Crippen molar-refractivity contribution in [1.82, 2.24) is 0 Å². The van der Waals surface area contributed by atoms with Crippen molar-refractivity contribution in [2.45, 2.75) is 6.42 Å². The van der Waals surface area contributed by atoms with Gasteiger partial charge in [0.1, 0.15) is 0 Å². The first kappa shape index (κ1) is 12.7. The molecule has 0 spiro atoms. The highest BCUT2D eigenvalue weighted by Gasteiger charge is 2.20. The fourth-order valence-electron chi connectivity index (χ4n) is 3.86. The van der Waals surface area contributed by atoms with E-state index in [0.717, 1.165) is 6.42 Å². The van der Waals surface area contributed by atoms with E-state index in [1.54, 1.807) is 0 Å². The minimum absolute atomic E-state index is 1.04. The second kappa shape index (κ2) is 4.82. The lowest BCUT2D eigenvalue weighted by Gasteiger charge is -2.11.